The second kappa shape index (κ2) is 5.99. The van der Waals surface area contributed by atoms with Crippen molar-refractivity contribution in [3.8, 4) is 0 Å². The van der Waals surface area contributed by atoms with Crippen molar-refractivity contribution in [2.75, 3.05) is 0 Å². The molecule has 0 heterocycles. The molecule has 0 aliphatic heterocycles. The molecule has 0 spiro atoms. The quantitative estimate of drug-likeness (QED) is 0.421. The van der Waals surface area contributed by atoms with Crippen molar-refractivity contribution in [1.82, 2.24) is 0 Å². The molecule has 0 unspecified atom stereocenters. The number of carbonyl (C=O) groups is 1. The smallest absolute Gasteiger partial charge is 0.302 e. The lowest BCUT2D eigenvalue weighted by Gasteiger charge is -2.60. The molecule has 0 aromatic carbocycles. The Kier molecular flexibility index (Phi) is 4.16. The minimum absolute atomic E-state index is 0.127. The molecule has 0 aromatic heterocycles. The lowest BCUT2D eigenvalue weighted by molar-refractivity contribution is -0.158. The largest absolute Gasteiger partial charge is 0.463 e. The van der Waals surface area contributed by atoms with Crippen LogP contribution in [0.2, 0.25) is 0 Å². The number of rotatable bonds is 1. The highest BCUT2D eigenvalue weighted by Gasteiger charge is 2.59. The van der Waals surface area contributed by atoms with Gasteiger partial charge in [-0.15, -0.1) is 0 Å². The van der Waals surface area contributed by atoms with Crippen molar-refractivity contribution in [1.29, 1.82) is 0 Å². The third-order valence-corrected chi connectivity index (χ3v) is 8.81. The Bertz CT molecular complexity index is 588. The second-order valence-corrected chi connectivity index (χ2v) is 9.70. The van der Waals surface area contributed by atoms with Gasteiger partial charge in [0.15, 0.2) is 0 Å². The summed E-state index contributed by atoms with van der Waals surface area (Å²) in [5, 5.41) is 13.1. The molecule has 4 fully saturated rings. The van der Waals surface area contributed by atoms with Crippen LogP contribution >= 0.6 is 0 Å². The predicted molar refractivity (Wildman–Crippen MR) is 96.5 cm³/mol. The topological polar surface area (TPSA) is 58.9 Å². The number of hydrogen-bond acceptors (Lipinski definition) is 4. The van der Waals surface area contributed by atoms with Crippen LogP contribution in [0.1, 0.15) is 78.6 Å². The van der Waals surface area contributed by atoms with Gasteiger partial charge in [-0.25, -0.2) is 0 Å². The first-order chi connectivity index (χ1) is 11.9. The summed E-state index contributed by atoms with van der Waals surface area (Å²) in [6.45, 7) is 6.41. The summed E-state index contributed by atoms with van der Waals surface area (Å²) in [4.78, 5) is 11.3. The van der Waals surface area contributed by atoms with Gasteiger partial charge in [0.05, 0.1) is 5.71 Å². The first-order valence-corrected chi connectivity index (χ1v) is 10.3. The normalized spacial score (nSPS) is 50.7. The van der Waals surface area contributed by atoms with E-state index in [9.17, 15) is 10.0 Å². The summed E-state index contributed by atoms with van der Waals surface area (Å²) in [5.74, 6) is 2.84. The van der Waals surface area contributed by atoms with Gasteiger partial charge in [-0.1, -0.05) is 19.0 Å². The molecule has 4 rings (SSSR count). The molecule has 0 amide bonds. The van der Waals surface area contributed by atoms with E-state index in [0.717, 1.165) is 36.8 Å². The highest BCUT2D eigenvalue weighted by Crippen LogP contribution is 2.65. The molecule has 4 saturated carbocycles. The Morgan fingerprint density at radius 3 is 2.64 bits per heavy atom. The van der Waals surface area contributed by atoms with E-state index in [-0.39, 0.29) is 17.5 Å². The van der Waals surface area contributed by atoms with Gasteiger partial charge in [-0.2, -0.15) is 0 Å². The molecule has 1 N–H and O–H groups in total. The van der Waals surface area contributed by atoms with Crippen molar-refractivity contribution in [3.63, 3.8) is 0 Å². The van der Waals surface area contributed by atoms with Crippen molar-refractivity contribution < 1.29 is 14.7 Å². The summed E-state index contributed by atoms with van der Waals surface area (Å²) in [6.07, 6.45) is 10.6. The number of oxime groups is 1. The van der Waals surface area contributed by atoms with Crippen molar-refractivity contribution in [2.45, 2.75) is 84.7 Å². The van der Waals surface area contributed by atoms with Crippen LogP contribution in [-0.2, 0) is 9.53 Å². The Morgan fingerprint density at radius 2 is 1.92 bits per heavy atom. The number of fused-ring (bicyclic) bond motifs is 5. The Morgan fingerprint density at radius 1 is 1.12 bits per heavy atom. The van der Waals surface area contributed by atoms with Crippen LogP contribution in [-0.4, -0.2) is 23.0 Å². The monoisotopic (exact) mass is 347 g/mol. The maximum Gasteiger partial charge on any atom is 0.302 e. The first kappa shape index (κ1) is 17.4. The fraction of sp³-hybridized carbons (Fsp3) is 0.905. The second-order valence-electron chi connectivity index (χ2n) is 9.70. The van der Waals surface area contributed by atoms with Crippen molar-refractivity contribution in [3.05, 3.63) is 0 Å². The average Bonchev–Trinajstić information content (AvgIpc) is 2.91. The van der Waals surface area contributed by atoms with Gasteiger partial charge in [0.1, 0.15) is 6.10 Å². The molecule has 4 aliphatic rings. The predicted octanol–water partition coefficient (Wildman–Crippen LogP) is 4.79. The van der Waals surface area contributed by atoms with E-state index in [1.165, 1.54) is 45.4 Å². The number of carbonyl (C=O) groups excluding carboxylic acids is 1. The highest BCUT2D eigenvalue weighted by atomic mass is 16.5. The molecule has 0 saturated heterocycles. The maximum atomic E-state index is 11.3. The summed E-state index contributed by atoms with van der Waals surface area (Å²) < 4.78 is 5.55. The van der Waals surface area contributed by atoms with Gasteiger partial charge in [0.25, 0.3) is 0 Å². The van der Waals surface area contributed by atoms with Crippen LogP contribution in [0.4, 0.5) is 0 Å². The van der Waals surface area contributed by atoms with Gasteiger partial charge in [-0.3, -0.25) is 4.79 Å². The molecule has 140 valence electrons. The summed E-state index contributed by atoms with van der Waals surface area (Å²) in [5.41, 5.74) is 1.59. The summed E-state index contributed by atoms with van der Waals surface area (Å²) in [7, 11) is 0. The maximum absolute atomic E-state index is 11.3. The number of esters is 1. The van der Waals surface area contributed by atoms with Crippen molar-refractivity contribution >= 4 is 11.7 Å². The van der Waals surface area contributed by atoms with Crippen LogP contribution in [0.25, 0.3) is 0 Å². The summed E-state index contributed by atoms with van der Waals surface area (Å²) in [6, 6.07) is 0. The van der Waals surface area contributed by atoms with Crippen LogP contribution in [0.5, 0.6) is 0 Å². The van der Waals surface area contributed by atoms with E-state index in [1.54, 1.807) is 0 Å². The van der Waals surface area contributed by atoms with E-state index >= 15 is 0 Å². The van der Waals surface area contributed by atoms with E-state index < -0.39 is 0 Å². The van der Waals surface area contributed by atoms with Crippen LogP contribution < -0.4 is 0 Å². The zero-order valence-electron chi connectivity index (χ0n) is 16.0. The van der Waals surface area contributed by atoms with E-state index in [0.29, 0.717) is 17.3 Å². The first-order valence-electron chi connectivity index (χ1n) is 10.3. The molecule has 4 aliphatic carbocycles. The average molecular weight is 347 g/mol. The van der Waals surface area contributed by atoms with E-state index in [4.69, 9.17) is 4.74 Å². The number of hydrogen-bond donors (Lipinski definition) is 1. The van der Waals surface area contributed by atoms with Crippen LogP contribution in [0.3, 0.4) is 0 Å². The minimum atomic E-state index is -0.127. The molecule has 4 nitrogen and oxygen atoms in total. The Hall–Kier alpha value is -1.06. The van der Waals surface area contributed by atoms with E-state index in [2.05, 4.69) is 19.0 Å². The van der Waals surface area contributed by atoms with Crippen LogP contribution in [0.15, 0.2) is 5.16 Å². The van der Waals surface area contributed by atoms with Gasteiger partial charge in [0.2, 0.25) is 0 Å². The lowest BCUT2D eigenvalue weighted by atomic mass is 9.45. The molecule has 25 heavy (non-hydrogen) atoms. The molecule has 0 bridgehead atoms. The van der Waals surface area contributed by atoms with Gasteiger partial charge < -0.3 is 9.94 Å². The van der Waals surface area contributed by atoms with Gasteiger partial charge in [-0.05, 0) is 86.9 Å². The molecular formula is C21H33NO3. The third-order valence-electron chi connectivity index (χ3n) is 8.81. The number of nitrogens with zero attached hydrogens (tertiary/aromatic N) is 1. The minimum Gasteiger partial charge on any atom is -0.463 e. The fourth-order valence-electron chi connectivity index (χ4n) is 7.51. The zero-order valence-corrected chi connectivity index (χ0v) is 16.0. The highest BCUT2D eigenvalue weighted by molar-refractivity contribution is 5.91. The SMILES string of the molecule is CC(=O)O[C@@H]1CC[C@@]2(C)[C@@H](CC[C@H]3[C@H]4CC/C(=N\O)[C@@]4(C)CC[C@@H]32)C1. The fourth-order valence-corrected chi connectivity index (χ4v) is 7.51. The standard InChI is InChI=1S/C21H33NO3/c1-13(23)25-15-8-10-20(2)14(12-15)4-5-16-17-6-7-19(22-24)21(17,3)11-9-18(16)20/h14-18,24H,4-12H2,1-3H3/b22-19+/t14-,15+,16-,17+,18-,20-,21-/m0/s1. The summed E-state index contributed by atoms with van der Waals surface area (Å²) >= 11 is 0. The molecule has 7 atom stereocenters. The molecular weight excluding hydrogens is 314 g/mol. The van der Waals surface area contributed by atoms with Gasteiger partial charge >= 0.3 is 5.97 Å². The van der Waals surface area contributed by atoms with Crippen molar-refractivity contribution in [2.24, 2.45) is 39.7 Å². The number of ether oxygens (including phenoxy) is 1. The molecule has 0 aromatic rings. The Balaban J connectivity index is 1.55. The lowest BCUT2D eigenvalue weighted by Crippen LogP contribution is -2.54. The third kappa shape index (κ3) is 2.54. The van der Waals surface area contributed by atoms with Crippen LogP contribution in [0, 0.1) is 34.5 Å². The van der Waals surface area contributed by atoms with Gasteiger partial charge in [0, 0.05) is 12.3 Å². The van der Waals surface area contributed by atoms with E-state index in [1.807, 2.05) is 0 Å². The zero-order chi connectivity index (χ0) is 17.8. The molecule has 4 heteroatoms. The Labute approximate surface area is 151 Å². The molecule has 0 radical (unpaired) electrons.